The molecule has 0 saturated carbocycles. The molecule has 1 unspecified atom stereocenters. The largest absolute Gasteiger partial charge is 0.416 e. The summed E-state index contributed by atoms with van der Waals surface area (Å²) >= 11 is 0. The molecule has 2 aromatic carbocycles. The highest BCUT2D eigenvalue weighted by Gasteiger charge is 2.32. The van der Waals surface area contributed by atoms with E-state index in [4.69, 9.17) is 0 Å². The average molecular weight is 629 g/mol. The van der Waals surface area contributed by atoms with Gasteiger partial charge in [-0.3, -0.25) is 9.59 Å². The molecule has 10 heteroatoms. The van der Waals surface area contributed by atoms with Gasteiger partial charge in [0.25, 0.3) is 5.91 Å². The van der Waals surface area contributed by atoms with Crippen molar-refractivity contribution in [3.63, 3.8) is 0 Å². The van der Waals surface area contributed by atoms with Gasteiger partial charge in [-0.05, 0) is 110 Å². The summed E-state index contributed by atoms with van der Waals surface area (Å²) in [6.07, 6.45) is 2.61. The second-order valence-corrected chi connectivity index (χ2v) is 12.2. The number of carbonyl (C=O) groups excluding carboxylic acids is 2. The number of Topliss-reactive ketones (excluding diaryl/α,β-unsaturated/α-hetero) is 1. The molecule has 0 aliphatic carbocycles. The molecule has 6 nitrogen and oxygen atoms in total. The van der Waals surface area contributed by atoms with Crippen molar-refractivity contribution in [2.75, 3.05) is 13.6 Å². The van der Waals surface area contributed by atoms with Crippen molar-refractivity contribution in [1.29, 1.82) is 0 Å². The van der Waals surface area contributed by atoms with E-state index in [-0.39, 0.29) is 42.2 Å². The highest BCUT2D eigenvalue weighted by molar-refractivity contribution is 5.95. The van der Waals surface area contributed by atoms with Gasteiger partial charge in [0.05, 0.1) is 11.1 Å². The van der Waals surface area contributed by atoms with Gasteiger partial charge in [0.1, 0.15) is 17.8 Å². The molecule has 1 aliphatic heterocycles. The van der Waals surface area contributed by atoms with E-state index in [0.29, 0.717) is 39.8 Å². The van der Waals surface area contributed by atoms with E-state index >= 15 is 4.39 Å². The fraction of sp³-hybridized carbons (Fsp3) is 0.429. The lowest BCUT2D eigenvalue weighted by atomic mass is 9.89. The molecule has 0 radical (unpaired) electrons. The van der Waals surface area contributed by atoms with Crippen LogP contribution in [0.4, 0.5) is 17.6 Å². The number of ketones is 1. The second-order valence-electron chi connectivity index (χ2n) is 12.2. The number of hydrogen-bond donors (Lipinski definition) is 3. The molecule has 3 atom stereocenters. The lowest BCUT2D eigenvalue weighted by molar-refractivity contribution is -0.137. The Balaban J connectivity index is 1.95. The summed E-state index contributed by atoms with van der Waals surface area (Å²) in [5.41, 5.74) is 2.29. The van der Waals surface area contributed by atoms with E-state index in [1.165, 1.54) is 13.1 Å². The van der Waals surface area contributed by atoms with Crippen LogP contribution in [-0.4, -0.2) is 42.4 Å². The molecule has 0 aromatic heterocycles. The number of halogens is 4. The van der Waals surface area contributed by atoms with Crippen LogP contribution in [-0.2, 0) is 15.8 Å². The summed E-state index contributed by atoms with van der Waals surface area (Å²) in [5, 5.41) is 9.52. The number of nitrogens with one attached hydrogen (secondary N) is 3. The molecular weight excluding hydrogens is 584 g/mol. The summed E-state index contributed by atoms with van der Waals surface area (Å²) in [4.78, 5) is 27.7. The van der Waals surface area contributed by atoms with Gasteiger partial charge in [0, 0.05) is 43.9 Å². The second kappa shape index (κ2) is 14.9. The van der Waals surface area contributed by atoms with Gasteiger partial charge in [-0.15, -0.1) is 0 Å². The third-order valence-corrected chi connectivity index (χ3v) is 7.84. The fourth-order valence-corrected chi connectivity index (χ4v) is 5.87. The van der Waals surface area contributed by atoms with Gasteiger partial charge in [-0.25, -0.2) is 4.39 Å². The number of benzene rings is 2. The lowest BCUT2D eigenvalue weighted by Gasteiger charge is -2.32. The van der Waals surface area contributed by atoms with Crippen LogP contribution in [0.5, 0.6) is 0 Å². The third kappa shape index (κ3) is 9.06. The van der Waals surface area contributed by atoms with Crippen molar-refractivity contribution in [2.45, 2.75) is 78.8 Å². The Morgan fingerprint density at radius 3 is 2.27 bits per heavy atom. The summed E-state index contributed by atoms with van der Waals surface area (Å²) in [6.45, 7) is 14.3. The molecule has 1 heterocycles. The first-order chi connectivity index (χ1) is 21.0. The minimum Gasteiger partial charge on any atom is -0.368 e. The average Bonchev–Trinajstić information content (AvgIpc) is 2.92. The van der Waals surface area contributed by atoms with Gasteiger partial charge >= 0.3 is 6.18 Å². The van der Waals surface area contributed by atoms with Crippen LogP contribution in [0.3, 0.4) is 0 Å². The third-order valence-electron chi connectivity index (χ3n) is 7.84. The number of alkyl halides is 3. The minimum atomic E-state index is -4.49. The molecule has 45 heavy (non-hydrogen) atoms. The SMILES string of the molecule is C=CNC1C(C(=O)N[C@H](CN[C@@H](CC(C)=O)c2cc(-c3c(C)cc(C(F)(F)F)cc3C)cc(C)c2F)CC(C)C)=CC=CN1C. The molecule has 1 amide bonds. The van der Waals surface area contributed by atoms with Crippen LogP contribution in [0.25, 0.3) is 11.1 Å². The van der Waals surface area contributed by atoms with E-state index in [1.807, 2.05) is 32.0 Å². The van der Waals surface area contributed by atoms with E-state index in [9.17, 15) is 22.8 Å². The molecule has 1 aliphatic rings. The highest BCUT2D eigenvalue weighted by atomic mass is 19.4. The summed E-state index contributed by atoms with van der Waals surface area (Å²) in [6, 6.07) is 4.33. The lowest BCUT2D eigenvalue weighted by Crippen LogP contribution is -2.50. The maximum atomic E-state index is 15.8. The molecule has 0 saturated heterocycles. The smallest absolute Gasteiger partial charge is 0.368 e. The van der Waals surface area contributed by atoms with E-state index in [1.54, 1.807) is 45.1 Å². The molecule has 0 spiro atoms. The zero-order chi connectivity index (χ0) is 33.6. The number of likely N-dealkylation sites (N-methyl/N-ethyl adjacent to an activating group) is 1. The van der Waals surface area contributed by atoms with Crippen LogP contribution in [0, 0.1) is 32.5 Å². The first-order valence-electron chi connectivity index (χ1n) is 15.0. The zero-order valence-electron chi connectivity index (χ0n) is 27.0. The highest BCUT2D eigenvalue weighted by Crippen LogP contribution is 2.37. The maximum absolute atomic E-state index is 15.8. The number of rotatable bonds is 13. The number of hydrogen-bond acceptors (Lipinski definition) is 5. The van der Waals surface area contributed by atoms with Crippen molar-refractivity contribution in [2.24, 2.45) is 5.92 Å². The number of amides is 1. The van der Waals surface area contributed by atoms with Crippen molar-refractivity contribution in [3.05, 3.63) is 94.6 Å². The molecule has 2 aromatic rings. The van der Waals surface area contributed by atoms with Crippen molar-refractivity contribution < 1.29 is 27.2 Å². The predicted molar refractivity (Wildman–Crippen MR) is 171 cm³/mol. The normalized spacial score (nSPS) is 16.3. The molecule has 244 valence electrons. The first-order valence-corrected chi connectivity index (χ1v) is 15.0. The fourth-order valence-electron chi connectivity index (χ4n) is 5.87. The summed E-state index contributed by atoms with van der Waals surface area (Å²) in [5.74, 6) is -0.703. The van der Waals surface area contributed by atoms with Gasteiger partial charge in [0.2, 0.25) is 0 Å². The Kier molecular flexibility index (Phi) is 11.8. The molecule has 3 N–H and O–H groups in total. The molecule has 0 fully saturated rings. The van der Waals surface area contributed by atoms with Crippen LogP contribution in [0.1, 0.15) is 67.5 Å². The van der Waals surface area contributed by atoms with Crippen molar-refractivity contribution in [1.82, 2.24) is 20.9 Å². The number of allylic oxidation sites excluding steroid dienone is 2. The maximum Gasteiger partial charge on any atom is 0.416 e. The van der Waals surface area contributed by atoms with Gasteiger partial charge in [0.15, 0.2) is 0 Å². The van der Waals surface area contributed by atoms with Crippen LogP contribution < -0.4 is 16.0 Å². The monoisotopic (exact) mass is 628 g/mol. The Labute approximate surface area is 263 Å². The van der Waals surface area contributed by atoms with Crippen molar-refractivity contribution in [3.8, 4) is 11.1 Å². The first kappa shape index (κ1) is 35.6. The summed E-state index contributed by atoms with van der Waals surface area (Å²) in [7, 11) is 1.84. The van der Waals surface area contributed by atoms with E-state index in [0.717, 1.165) is 12.1 Å². The van der Waals surface area contributed by atoms with Crippen molar-refractivity contribution >= 4 is 11.7 Å². The molecular formula is C35H44F4N4O2. The number of carbonyl (C=O) groups is 2. The summed E-state index contributed by atoms with van der Waals surface area (Å²) < 4.78 is 56.1. The molecule has 0 bridgehead atoms. The van der Waals surface area contributed by atoms with Gasteiger partial charge in [-0.1, -0.05) is 20.4 Å². The van der Waals surface area contributed by atoms with Crippen LogP contribution in [0.2, 0.25) is 0 Å². The quantitative estimate of drug-likeness (QED) is 0.208. The predicted octanol–water partition coefficient (Wildman–Crippen LogP) is 7.02. The topological polar surface area (TPSA) is 73.5 Å². The van der Waals surface area contributed by atoms with Gasteiger partial charge < -0.3 is 20.9 Å². The van der Waals surface area contributed by atoms with E-state index < -0.39 is 29.8 Å². The van der Waals surface area contributed by atoms with Crippen LogP contribution in [0.15, 0.2) is 61.0 Å². The number of aryl methyl sites for hydroxylation is 3. The Morgan fingerprint density at radius 1 is 1.07 bits per heavy atom. The van der Waals surface area contributed by atoms with E-state index in [2.05, 4.69) is 22.5 Å². The number of nitrogens with zero attached hydrogens (tertiary/aromatic N) is 1. The standard InChI is InChI=1S/C35H44F4N4O2/c1-9-40-33-28(11-10-12-43(33)8)34(45)42-27(13-20(2)3)19-41-30(17-24(7)44)29-18-25(14-23(6)32(29)36)31-21(4)15-26(16-22(31)5)35(37,38)39/h9-12,14-16,18,20,27,30,33,40-41H,1,13,17,19H2,2-8H3,(H,42,45)/t27-,30-,33?/m0/s1. The van der Waals surface area contributed by atoms with Crippen LogP contribution >= 0.6 is 0 Å². The Bertz CT molecular complexity index is 1460. The van der Waals surface area contributed by atoms with Gasteiger partial charge in [-0.2, -0.15) is 13.2 Å². The zero-order valence-corrected chi connectivity index (χ0v) is 27.0. The Hall–Kier alpha value is -3.92. The minimum absolute atomic E-state index is 0.0147. The molecule has 3 rings (SSSR count). The Morgan fingerprint density at radius 2 is 1.71 bits per heavy atom.